The molecular formula is C12H15FO2. The summed E-state index contributed by atoms with van der Waals surface area (Å²) in [5.41, 5.74) is 1.03. The van der Waals surface area contributed by atoms with Gasteiger partial charge in [0.1, 0.15) is 5.82 Å². The number of hydrogen-bond donors (Lipinski definition) is 0. The molecule has 0 fully saturated rings. The number of hydrogen-bond acceptors (Lipinski definition) is 2. The molecule has 0 radical (unpaired) electrons. The van der Waals surface area contributed by atoms with Gasteiger partial charge in [0.2, 0.25) is 0 Å². The molecule has 3 heteroatoms. The predicted octanol–water partition coefficient (Wildman–Crippen LogP) is 2.74. The lowest BCUT2D eigenvalue weighted by atomic mass is 10.0. The Bertz CT molecular complexity index is 361. The van der Waals surface area contributed by atoms with Crippen molar-refractivity contribution in [3.05, 3.63) is 35.1 Å². The second-order valence-electron chi connectivity index (χ2n) is 3.64. The first-order valence-corrected chi connectivity index (χ1v) is 4.86. The SMILES string of the molecule is COC(C)CC(=O)c1ccc(F)c(C)c1. The van der Waals surface area contributed by atoms with E-state index in [4.69, 9.17) is 4.74 Å². The average Bonchev–Trinajstić information content (AvgIpc) is 2.21. The molecule has 15 heavy (non-hydrogen) atoms. The van der Waals surface area contributed by atoms with E-state index in [0.29, 0.717) is 17.5 Å². The van der Waals surface area contributed by atoms with Crippen LogP contribution in [0.25, 0.3) is 0 Å². The summed E-state index contributed by atoms with van der Waals surface area (Å²) in [6, 6.07) is 4.40. The van der Waals surface area contributed by atoms with Crippen LogP contribution < -0.4 is 0 Å². The van der Waals surface area contributed by atoms with Gasteiger partial charge in [0, 0.05) is 19.1 Å². The number of halogens is 1. The highest BCUT2D eigenvalue weighted by Gasteiger charge is 2.11. The highest BCUT2D eigenvalue weighted by molar-refractivity contribution is 5.96. The second-order valence-corrected chi connectivity index (χ2v) is 3.64. The Balaban J connectivity index is 2.78. The Morgan fingerprint density at radius 3 is 2.73 bits per heavy atom. The third kappa shape index (κ3) is 3.13. The minimum absolute atomic E-state index is 0.0209. The van der Waals surface area contributed by atoms with Gasteiger partial charge in [-0.3, -0.25) is 4.79 Å². The summed E-state index contributed by atoms with van der Waals surface area (Å²) in [5, 5.41) is 0. The number of carbonyl (C=O) groups is 1. The number of ketones is 1. The maximum absolute atomic E-state index is 13.0. The van der Waals surface area contributed by atoms with Crippen LogP contribution in [0.2, 0.25) is 0 Å². The molecular weight excluding hydrogens is 195 g/mol. The number of benzene rings is 1. The van der Waals surface area contributed by atoms with Crippen LogP contribution in [0.4, 0.5) is 4.39 Å². The molecule has 0 aromatic heterocycles. The molecule has 0 bridgehead atoms. The lowest BCUT2D eigenvalue weighted by Gasteiger charge is -2.08. The highest BCUT2D eigenvalue weighted by atomic mass is 19.1. The van der Waals surface area contributed by atoms with Crippen molar-refractivity contribution in [3.8, 4) is 0 Å². The fourth-order valence-electron chi connectivity index (χ4n) is 1.28. The Labute approximate surface area is 89.1 Å². The number of aryl methyl sites for hydroxylation is 1. The molecule has 0 saturated carbocycles. The molecule has 0 saturated heterocycles. The summed E-state index contributed by atoms with van der Waals surface area (Å²) in [7, 11) is 1.56. The van der Waals surface area contributed by atoms with Crippen LogP contribution in [0.5, 0.6) is 0 Å². The smallest absolute Gasteiger partial charge is 0.165 e. The first-order valence-electron chi connectivity index (χ1n) is 4.86. The summed E-state index contributed by atoms with van der Waals surface area (Å²) in [4.78, 5) is 11.7. The number of ether oxygens (including phenoxy) is 1. The zero-order valence-electron chi connectivity index (χ0n) is 9.21. The van der Waals surface area contributed by atoms with E-state index in [2.05, 4.69) is 0 Å². The Kier molecular flexibility index (Phi) is 3.97. The number of Topliss-reactive ketones (excluding diaryl/α,β-unsaturated/α-hetero) is 1. The molecule has 82 valence electrons. The van der Waals surface area contributed by atoms with E-state index >= 15 is 0 Å². The van der Waals surface area contributed by atoms with Crippen LogP contribution in [0.3, 0.4) is 0 Å². The van der Waals surface area contributed by atoms with E-state index in [-0.39, 0.29) is 17.7 Å². The normalized spacial score (nSPS) is 12.5. The van der Waals surface area contributed by atoms with Crippen molar-refractivity contribution in [3.63, 3.8) is 0 Å². The highest BCUT2D eigenvalue weighted by Crippen LogP contribution is 2.12. The van der Waals surface area contributed by atoms with Crippen molar-refractivity contribution in [1.82, 2.24) is 0 Å². The zero-order chi connectivity index (χ0) is 11.4. The summed E-state index contributed by atoms with van der Waals surface area (Å²) in [6.45, 7) is 3.47. The average molecular weight is 210 g/mol. The number of carbonyl (C=O) groups excluding carboxylic acids is 1. The van der Waals surface area contributed by atoms with Crippen LogP contribution in [-0.2, 0) is 4.74 Å². The fraction of sp³-hybridized carbons (Fsp3) is 0.417. The Morgan fingerprint density at radius 2 is 2.20 bits per heavy atom. The van der Waals surface area contributed by atoms with Crippen LogP contribution >= 0.6 is 0 Å². The van der Waals surface area contributed by atoms with Gasteiger partial charge in [-0.05, 0) is 37.6 Å². The molecule has 2 nitrogen and oxygen atoms in total. The topological polar surface area (TPSA) is 26.3 Å². The Hall–Kier alpha value is -1.22. The quantitative estimate of drug-likeness (QED) is 0.714. The molecule has 1 rings (SSSR count). The van der Waals surface area contributed by atoms with Crippen molar-refractivity contribution in [2.75, 3.05) is 7.11 Å². The van der Waals surface area contributed by atoms with Gasteiger partial charge < -0.3 is 4.74 Å². The molecule has 1 aromatic carbocycles. The number of methoxy groups -OCH3 is 1. The monoisotopic (exact) mass is 210 g/mol. The van der Waals surface area contributed by atoms with E-state index in [1.165, 1.54) is 12.1 Å². The fourth-order valence-corrected chi connectivity index (χ4v) is 1.28. The van der Waals surface area contributed by atoms with Crippen molar-refractivity contribution in [1.29, 1.82) is 0 Å². The van der Waals surface area contributed by atoms with Crippen LogP contribution in [0.15, 0.2) is 18.2 Å². The zero-order valence-corrected chi connectivity index (χ0v) is 9.21. The van der Waals surface area contributed by atoms with Crippen LogP contribution in [0, 0.1) is 12.7 Å². The van der Waals surface area contributed by atoms with Gasteiger partial charge >= 0.3 is 0 Å². The van der Waals surface area contributed by atoms with Crippen molar-refractivity contribution in [2.45, 2.75) is 26.4 Å². The van der Waals surface area contributed by atoms with E-state index in [1.54, 1.807) is 20.1 Å². The molecule has 1 unspecified atom stereocenters. The van der Waals surface area contributed by atoms with Gasteiger partial charge in [0.15, 0.2) is 5.78 Å². The standard InChI is InChI=1S/C12H15FO2/c1-8-6-10(4-5-11(8)13)12(14)7-9(2)15-3/h4-6,9H,7H2,1-3H3. The van der Waals surface area contributed by atoms with E-state index in [9.17, 15) is 9.18 Å². The summed E-state index contributed by atoms with van der Waals surface area (Å²) >= 11 is 0. The van der Waals surface area contributed by atoms with Gasteiger partial charge in [-0.15, -0.1) is 0 Å². The molecule has 0 aliphatic heterocycles. The van der Waals surface area contributed by atoms with Gasteiger partial charge in [0.05, 0.1) is 6.10 Å². The van der Waals surface area contributed by atoms with Gasteiger partial charge in [-0.25, -0.2) is 4.39 Å². The summed E-state index contributed by atoms with van der Waals surface area (Å²) < 4.78 is 18.0. The molecule has 0 aliphatic carbocycles. The lowest BCUT2D eigenvalue weighted by Crippen LogP contribution is -2.12. The molecule has 0 N–H and O–H groups in total. The van der Waals surface area contributed by atoms with E-state index in [0.717, 1.165) is 0 Å². The maximum atomic E-state index is 13.0. The van der Waals surface area contributed by atoms with Crippen LogP contribution in [-0.4, -0.2) is 19.0 Å². The minimum atomic E-state index is -0.286. The third-order valence-electron chi connectivity index (χ3n) is 2.36. The van der Waals surface area contributed by atoms with Crippen molar-refractivity contribution in [2.24, 2.45) is 0 Å². The van der Waals surface area contributed by atoms with Crippen molar-refractivity contribution < 1.29 is 13.9 Å². The Morgan fingerprint density at radius 1 is 1.53 bits per heavy atom. The van der Waals surface area contributed by atoms with Crippen molar-refractivity contribution >= 4 is 5.78 Å². The summed E-state index contributed by atoms with van der Waals surface area (Å²) in [6.07, 6.45) is 0.213. The van der Waals surface area contributed by atoms with Gasteiger partial charge in [-0.2, -0.15) is 0 Å². The molecule has 0 aliphatic rings. The summed E-state index contributed by atoms with van der Waals surface area (Å²) in [5.74, 6) is -0.307. The molecule has 0 spiro atoms. The van der Waals surface area contributed by atoms with Crippen LogP contribution in [0.1, 0.15) is 29.3 Å². The minimum Gasteiger partial charge on any atom is -0.381 e. The van der Waals surface area contributed by atoms with Gasteiger partial charge in [-0.1, -0.05) is 0 Å². The molecule has 0 heterocycles. The molecule has 1 atom stereocenters. The van der Waals surface area contributed by atoms with E-state index in [1.807, 2.05) is 6.92 Å². The maximum Gasteiger partial charge on any atom is 0.165 e. The largest absolute Gasteiger partial charge is 0.381 e. The second kappa shape index (κ2) is 5.03. The van der Waals surface area contributed by atoms with Gasteiger partial charge in [0.25, 0.3) is 0 Å². The first kappa shape index (κ1) is 11.9. The first-order chi connectivity index (χ1) is 7.04. The lowest BCUT2D eigenvalue weighted by molar-refractivity contribution is 0.0792. The van der Waals surface area contributed by atoms with E-state index < -0.39 is 0 Å². The molecule has 0 amide bonds. The number of rotatable bonds is 4. The third-order valence-corrected chi connectivity index (χ3v) is 2.36. The molecule has 1 aromatic rings. The predicted molar refractivity (Wildman–Crippen MR) is 56.6 cm³/mol.